The number of thiazole rings is 1. The molecular weight excluding hydrogens is 340 g/mol. The number of rotatable bonds is 5. The van der Waals surface area contributed by atoms with E-state index in [-0.39, 0.29) is 24.3 Å². The summed E-state index contributed by atoms with van der Waals surface area (Å²) >= 11 is 1.57. The van der Waals surface area contributed by atoms with Gasteiger partial charge < -0.3 is 10.6 Å². The van der Waals surface area contributed by atoms with E-state index in [0.29, 0.717) is 19.4 Å². The molecule has 1 aliphatic carbocycles. The van der Waals surface area contributed by atoms with Gasteiger partial charge in [0.25, 0.3) is 5.91 Å². The molecule has 4 amide bonds. The second-order valence-corrected chi connectivity index (χ2v) is 7.96. The smallest absolute Gasteiger partial charge is 0.325 e. The minimum Gasteiger partial charge on any atom is -0.354 e. The van der Waals surface area contributed by atoms with Crippen LogP contribution in [0.15, 0.2) is 5.38 Å². The molecule has 136 valence electrons. The van der Waals surface area contributed by atoms with Gasteiger partial charge in [0, 0.05) is 18.3 Å². The Balaban J connectivity index is 1.54. The molecule has 2 unspecified atom stereocenters. The first kappa shape index (κ1) is 17.8. The molecule has 2 N–H and O–H groups in total. The molecule has 2 aliphatic rings. The van der Waals surface area contributed by atoms with E-state index in [0.717, 1.165) is 34.9 Å². The molecular formula is C17H24N4O3S. The highest BCUT2D eigenvalue weighted by atomic mass is 32.1. The fourth-order valence-electron chi connectivity index (χ4n) is 3.69. The van der Waals surface area contributed by atoms with Gasteiger partial charge in [0.2, 0.25) is 5.91 Å². The van der Waals surface area contributed by atoms with Gasteiger partial charge in [-0.2, -0.15) is 0 Å². The molecule has 2 heterocycles. The average Bonchev–Trinajstić information content (AvgIpc) is 3.08. The van der Waals surface area contributed by atoms with Crippen molar-refractivity contribution < 1.29 is 14.4 Å². The first-order valence-electron chi connectivity index (χ1n) is 8.74. The number of imide groups is 1. The summed E-state index contributed by atoms with van der Waals surface area (Å²) in [6.45, 7) is 4.14. The molecule has 8 heteroatoms. The highest BCUT2D eigenvalue weighted by molar-refractivity contribution is 7.09. The molecule has 1 spiro atoms. The number of hydrogen-bond donors (Lipinski definition) is 2. The Kier molecular flexibility index (Phi) is 5.08. The Labute approximate surface area is 151 Å². The second kappa shape index (κ2) is 7.11. The molecule has 2 atom stereocenters. The summed E-state index contributed by atoms with van der Waals surface area (Å²) in [5.74, 6) is -0.482. The Morgan fingerprint density at radius 1 is 1.48 bits per heavy atom. The number of aromatic nitrogens is 1. The molecule has 0 bridgehead atoms. The maximum Gasteiger partial charge on any atom is 0.325 e. The predicted octanol–water partition coefficient (Wildman–Crippen LogP) is 1.61. The third kappa shape index (κ3) is 3.53. The van der Waals surface area contributed by atoms with Crippen molar-refractivity contribution >= 4 is 29.2 Å². The summed E-state index contributed by atoms with van der Waals surface area (Å²) in [5.41, 5.74) is 0.126. The van der Waals surface area contributed by atoms with Gasteiger partial charge in [-0.3, -0.25) is 14.5 Å². The van der Waals surface area contributed by atoms with Crippen LogP contribution in [0.3, 0.4) is 0 Å². The number of hydrogen-bond acceptors (Lipinski definition) is 5. The van der Waals surface area contributed by atoms with Crippen LogP contribution in [0.2, 0.25) is 0 Å². The van der Waals surface area contributed by atoms with Gasteiger partial charge in [-0.15, -0.1) is 11.3 Å². The van der Waals surface area contributed by atoms with E-state index in [1.54, 1.807) is 11.3 Å². The summed E-state index contributed by atoms with van der Waals surface area (Å²) < 4.78 is 0. The number of nitrogens with one attached hydrogen (secondary N) is 2. The standard InChI is InChI=1S/C17H24N4O3S/c1-11-5-3-4-7-17(11)15(23)21(16(24)20-17)9-14(22)18-8-6-13-10-25-12(2)19-13/h10-11H,3-9H2,1-2H3,(H,18,22)(H,20,24). The van der Waals surface area contributed by atoms with Crippen LogP contribution >= 0.6 is 11.3 Å². The number of amides is 4. The van der Waals surface area contributed by atoms with E-state index in [1.807, 2.05) is 19.2 Å². The summed E-state index contributed by atoms with van der Waals surface area (Å²) in [6.07, 6.45) is 4.20. The predicted molar refractivity (Wildman–Crippen MR) is 94.2 cm³/mol. The highest BCUT2D eigenvalue weighted by Crippen LogP contribution is 2.38. The lowest BCUT2D eigenvalue weighted by molar-refractivity contribution is -0.137. The van der Waals surface area contributed by atoms with Crippen LogP contribution in [0, 0.1) is 12.8 Å². The maximum atomic E-state index is 12.8. The number of carbonyl (C=O) groups excluding carboxylic acids is 3. The molecule has 0 aromatic carbocycles. The van der Waals surface area contributed by atoms with Gasteiger partial charge in [0.1, 0.15) is 12.1 Å². The monoisotopic (exact) mass is 364 g/mol. The SMILES string of the molecule is Cc1nc(CCNC(=O)CN2C(=O)NC3(CCCCC3C)C2=O)cs1. The molecule has 1 saturated heterocycles. The van der Waals surface area contributed by atoms with Gasteiger partial charge in [-0.05, 0) is 25.7 Å². The van der Waals surface area contributed by atoms with Crippen LogP contribution in [-0.4, -0.2) is 46.4 Å². The van der Waals surface area contributed by atoms with Crippen molar-refractivity contribution in [2.45, 2.75) is 51.5 Å². The van der Waals surface area contributed by atoms with Gasteiger partial charge >= 0.3 is 6.03 Å². The summed E-state index contributed by atoms with van der Waals surface area (Å²) in [6, 6.07) is -0.455. The largest absolute Gasteiger partial charge is 0.354 e. The first-order valence-corrected chi connectivity index (χ1v) is 9.62. The van der Waals surface area contributed by atoms with Crippen molar-refractivity contribution in [1.29, 1.82) is 0 Å². The highest BCUT2D eigenvalue weighted by Gasteiger charge is 2.55. The Morgan fingerprint density at radius 2 is 2.28 bits per heavy atom. The Bertz CT molecular complexity index is 689. The van der Waals surface area contributed by atoms with E-state index in [2.05, 4.69) is 15.6 Å². The van der Waals surface area contributed by atoms with Crippen LogP contribution in [-0.2, 0) is 16.0 Å². The lowest BCUT2D eigenvalue weighted by Gasteiger charge is -2.36. The summed E-state index contributed by atoms with van der Waals surface area (Å²) in [7, 11) is 0. The molecule has 25 heavy (non-hydrogen) atoms. The van der Waals surface area contributed by atoms with Crippen LogP contribution in [0.1, 0.15) is 43.3 Å². The lowest BCUT2D eigenvalue weighted by Crippen LogP contribution is -2.54. The van der Waals surface area contributed by atoms with E-state index >= 15 is 0 Å². The molecule has 1 aromatic rings. The molecule has 0 radical (unpaired) electrons. The number of nitrogens with zero attached hydrogens (tertiary/aromatic N) is 2. The Morgan fingerprint density at radius 3 is 2.96 bits per heavy atom. The van der Waals surface area contributed by atoms with Gasteiger partial charge in [-0.25, -0.2) is 9.78 Å². The zero-order chi connectivity index (χ0) is 18.0. The molecule has 7 nitrogen and oxygen atoms in total. The maximum absolute atomic E-state index is 12.8. The van der Waals surface area contributed by atoms with Crippen molar-refractivity contribution in [3.8, 4) is 0 Å². The third-order valence-corrected chi connectivity index (χ3v) is 6.00. The van der Waals surface area contributed by atoms with Crippen molar-refractivity contribution in [2.75, 3.05) is 13.1 Å². The van der Waals surface area contributed by atoms with Crippen LogP contribution < -0.4 is 10.6 Å². The third-order valence-electron chi connectivity index (χ3n) is 5.17. The zero-order valence-electron chi connectivity index (χ0n) is 14.6. The quantitative estimate of drug-likeness (QED) is 0.777. The average molecular weight is 364 g/mol. The summed E-state index contributed by atoms with van der Waals surface area (Å²) in [4.78, 5) is 42.6. The normalized spacial score (nSPS) is 26.2. The zero-order valence-corrected chi connectivity index (χ0v) is 15.4. The second-order valence-electron chi connectivity index (χ2n) is 6.90. The molecule has 3 rings (SSSR count). The van der Waals surface area contributed by atoms with E-state index < -0.39 is 11.6 Å². The minimum absolute atomic E-state index is 0.0960. The lowest BCUT2D eigenvalue weighted by atomic mass is 9.73. The topological polar surface area (TPSA) is 91.4 Å². The minimum atomic E-state index is -0.812. The molecule has 2 fully saturated rings. The molecule has 1 saturated carbocycles. The van der Waals surface area contributed by atoms with Gasteiger partial charge in [-0.1, -0.05) is 19.8 Å². The van der Waals surface area contributed by atoms with Crippen molar-refractivity contribution in [3.05, 3.63) is 16.1 Å². The van der Waals surface area contributed by atoms with Crippen molar-refractivity contribution in [1.82, 2.24) is 20.5 Å². The first-order chi connectivity index (χ1) is 11.9. The van der Waals surface area contributed by atoms with E-state index in [4.69, 9.17) is 0 Å². The van der Waals surface area contributed by atoms with Gasteiger partial charge in [0.15, 0.2) is 0 Å². The number of carbonyl (C=O) groups is 3. The fourth-order valence-corrected chi connectivity index (χ4v) is 4.34. The molecule has 1 aromatic heterocycles. The fraction of sp³-hybridized carbons (Fsp3) is 0.647. The number of urea groups is 1. The summed E-state index contributed by atoms with van der Waals surface area (Å²) in [5, 5.41) is 8.58. The van der Waals surface area contributed by atoms with Gasteiger partial charge in [0.05, 0.1) is 10.7 Å². The van der Waals surface area contributed by atoms with Crippen molar-refractivity contribution in [2.24, 2.45) is 5.92 Å². The molecule has 1 aliphatic heterocycles. The van der Waals surface area contributed by atoms with Crippen LogP contribution in [0.5, 0.6) is 0 Å². The van der Waals surface area contributed by atoms with Crippen LogP contribution in [0.25, 0.3) is 0 Å². The van der Waals surface area contributed by atoms with Crippen molar-refractivity contribution in [3.63, 3.8) is 0 Å². The number of aryl methyl sites for hydroxylation is 1. The van der Waals surface area contributed by atoms with E-state index in [1.165, 1.54) is 0 Å². The van der Waals surface area contributed by atoms with E-state index in [9.17, 15) is 14.4 Å². The Hall–Kier alpha value is -1.96. The van der Waals surface area contributed by atoms with Crippen LogP contribution in [0.4, 0.5) is 4.79 Å².